The molecule has 0 aromatic carbocycles. The molecule has 38 heavy (non-hydrogen) atoms. The van der Waals surface area contributed by atoms with Crippen LogP contribution in [0.25, 0.3) is 6.08 Å². The van der Waals surface area contributed by atoms with Crippen LogP contribution in [0.4, 0.5) is 4.39 Å². The number of halogens is 1. The number of nitrogens with zero attached hydrogens (tertiary/aromatic N) is 1. The lowest BCUT2D eigenvalue weighted by atomic mass is 9.43. The van der Waals surface area contributed by atoms with Crippen molar-refractivity contribution >= 4 is 23.8 Å². The molecule has 0 aliphatic heterocycles. The van der Waals surface area contributed by atoms with Crippen LogP contribution in [0.2, 0.25) is 0 Å². The van der Waals surface area contributed by atoms with E-state index >= 15 is 4.39 Å². The van der Waals surface area contributed by atoms with Crippen LogP contribution in [0, 0.1) is 28.6 Å². The van der Waals surface area contributed by atoms with Gasteiger partial charge in [0.15, 0.2) is 12.2 Å². The Kier molecular flexibility index (Phi) is 6.40. The van der Waals surface area contributed by atoms with E-state index in [0.29, 0.717) is 25.7 Å². The van der Waals surface area contributed by atoms with Crippen molar-refractivity contribution in [2.24, 2.45) is 28.6 Å². The Morgan fingerprint density at radius 1 is 1.18 bits per heavy atom. The lowest BCUT2D eigenvalue weighted by Crippen LogP contribution is -2.70. The highest BCUT2D eigenvalue weighted by atomic mass is 19.1. The van der Waals surface area contributed by atoms with E-state index in [4.69, 9.17) is 9.47 Å². The molecule has 9 heteroatoms. The Balaban J connectivity index is 1.58. The number of nitrogens with one attached hydrogen (secondary N) is 1. The van der Waals surface area contributed by atoms with Gasteiger partial charge in [0, 0.05) is 35.5 Å². The number of allylic oxidation sites excluding steroid dienone is 1. The summed E-state index contributed by atoms with van der Waals surface area (Å²) in [6, 6.07) is 0. The number of aliphatic hydroxyl groups is 1. The number of aromatic amines is 1. The van der Waals surface area contributed by atoms with Gasteiger partial charge in [-0.15, -0.1) is 0 Å². The fourth-order valence-corrected chi connectivity index (χ4v) is 8.76. The molecule has 1 heterocycles. The lowest BCUT2D eigenvalue weighted by Gasteiger charge is -2.63. The van der Waals surface area contributed by atoms with Crippen molar-refractivity contribution in [3.63, 3.8) is 0 Å². The smallest absolute Gasteiger partial charge is 0.306 e. The Morgan fingerprint density at radius 2 is 1.89 bits per heavy atom. The first-order valence-electron chi connectivity index (χ1n) is 13.9. The van der Waals surface area contributed by atoms with Crippen LogP contribution in [-0.2, 0) is 30.3 Å². The van der Waals surface area contributed by atoms with Crippen LogP contribution < -0.4 is 0 Å². The second kappa shape index (κ2) is 9.00. The number of ether oxygens (including phenoxy) is 2. The van der Waals surface area contributed by atoms with Gasteiger partial charge >= 0.3 is 11.9 Å². The summed E-state index contributed by atoms with van der Waals surface area (Å²) < 4.78 is 29.0. The third-order valence-corrected chi connectivity index (χ3v) is 10.6. The third kappa shape index (κ3) is 3.36. The molecule has 2 N–H and O–H groups in total. The fourth-order valence-electron chi connectivity index (χ4n) is 8.76. The van der Waals surface area contributed by atoms with E-state index < -0.39 is 64.4 Å². The summed E-state index contributed by atoms with van der Waals surface area (Å²) >= 11 is 0. The van der Waals surface area contributed by atoms with Gasteiger partial charge in [-0.1, -0.05) is 40.2 Å². The predicted molar refractivity (Wildman–Crippen MR) is 136 cm³/mol. The average molecular weight is 531 g/mol. The van der Waals surface area contributed by atoms with Crippen molar-refractivity contribution in [1.29, 1.82) is 0 Å². The highest BCUT2D eigenvalue weighted by molar-refractivity contribution is 5.93. The maximum absolute atomic E-state index is 17.8. The van der Waals surface area contributed by atoms with Gasteiger partial charge in [-0.2, -0.15) is 5.10 Å². The van der Waals surface area contributed by atoms with Crippen molar-refractivity contribution in [1.82, 2.24) is 10.2 Å². The summed E-state index contributed by atoms with van der Waals surface area (Å²) in [5.41, 5.74) is -2.73. The van der Waals surface area contributed by atoms with Crippen molar-refractivity contribution in [2.75, 3.05) is 6.61 Å². The van der Waals surface area contributed by atoms with Gasteiger partial charge in [-0.05, 0) is 49.7 Å². The molecule has 1 aromatic rings. The molecule has 5 rings (SSSR count). The van der Waals surface area contributed by atoms with Gasteiger partial charge in [0.25, 0.3) is 0 Å². The molecule has 0 radical (unpaired) electrons. The van der Waals surface area contributed by atoms with Crippen LogP contribution in [0.15, 0.2) is 11.8 Å². The number of fused-ring (bicyclic) bond motifs is 6. The van der Waals surface area contributed by atoms with Gasteiger partial charge in [-0.25, -0.2) is 4.39 Å². The van der Waals surface area contributed by atoms with E-state index in [-0.39, 0.29) is 25.2 Å². The summed E-state index contributed by atoms with van der Waals surface area (Å²) in [5, 5.41) is 18.9. The zero-order chi connectivity index (χ0) is 27.7. The van der Waals surface area contributed by atoms with E-state index in [9.17, 15) is 19.5 Å². The summed E-state index contributed by atoms with van der Waals surface area (Å²) in [6.45, 7) is 8.39. The Bertz CT molecular complexity index is 1200. The average Bonchev–Trinajstić information content (AvgIpc) is 3.41. The van der Waals surface area contributed by atoms with E-state index in [1.54, 1.807) is 20.0 Å². The summed E-state index contributed by atoms with van der Waals surface area (Å²) in [6.07, 6.45) is 4.55. The molecule has 0 spiro atoms. The number of carbonyl (C=O) groups is 3. The van der Waals surface area contributed by atoms with Crippen LogP contribution in [0.1, 0.15) is 84.4 Å². The second-order valence-corrected chi connectivity index (χ2v) is 12.3. The number of H-pyrrole nitrogens is 1. The monoisotopic (exact) mass is 530 g/mol. The van der Waals surface area contributed by atoms with Gasteiger partial charge in [0.1, 0.15) is 5.67 Å². The number of ketones is 1. The van der Waals surface area contributed by atoms with Gasteiger partial charge < -0.3 is 14.6 Å². The zero-order valence-corrected chi connectivity index (χ0v) is 22.9. The first-order chi connectivity index (χ1) is 17.9. The number of hydrogen-bond donors (Lipinski definition) is 2. The quantitative estimate of drug-likeness (QED) is 0.531. The number of esters is 2. The molecule has 0 bridgehead atoms. The minimum atomic E-state index is -1.93. The molecule has 3 saturated carbocycles. The number of carbonyl (C=O) groups excluding carboxylic acids is 3. The number of aliphatic hydroxyl groups excluding tert-OH is 1. The Hall–Kier alpha value is -2.55. The van der Waals surface area contributed by atoms with E-state index in [1.165, 1.54) is 0 Å². The molecule has 4 aliphatic rings. The fraction of sp³-hybridized carbons (Fsp3) is 0.724. The van der Waals surface area contributed by atoms with Crippen molar-refractivity contribution < 1.29 is 33.4 Å². The molecular formula is C29H39FN2O6. The predicted octanol–water partition coefficient (Wildman–Crippen LogP) is 4.12. The maximum Gasteiger partial charge on any atom is 0.306 e. The highest BCUT2D eigenvalue weighted by Crippen LogP contribution is 2.71. The van der Waals surface area contributed by atoms with Gasteiger partial charge in [-0.3, -0.25) is 19.5 Å². The molecule has 3 fully saturated rings. The number of rotatable bonds is 6. The van der Waals surface area contributed by atoms with Crippen molar-refractivity contribution in [3.8, 4) is 0 Å². The van der Waals surface area contributed by atoms with E-state index in [1.807, 2.05) is 26.8 Å². The van der Waals surface area contributed by atoms with Crippen LogP contribution in [0.5, 0.6) is 0 Å². The molecule has 0 unspecified atom stereocenters. The molecule has 8 nitrogen and oxygen atoms in total. The number of hydrogen-bond acceptors (Lipinski definition) is 7. The minimum absolute atomic E-state index is 0.0411. The summed E-state index contributed by atoms with van der Waals surface area (Å²) in [5.74, 6) is -2.86. The molecule has 1 aromatic heterocycles. The number of Topliss-reactive ketones (excluding diaryl/α,β-unsaturated/α-hetero) is 1. The van der Waals surface area contributed by atoms with Gasteiger partial charge in [0.05, 0.1) is 18.0 Å². The Morgan fingerprint density at radius 3 is 2.58 bits per heavy atom. The molecular weight excluding hydrogens is 491 g/mol. The van der Waals surface area contributed by atoms with Crippen LogP contribution >= 0.6 is 0 Å². The maximum atomic E-state index is 17.8. The number of aromatic nitrogens is 2. The lowest BCUT2D eigenvalue weighted by molar-refractivity contribution is -0.234. The molecule has 4 aliphatic carbocycles. The normalized spacial score (nSPS) is 41.2. The van der Waals surface area contributed by atoms with E-state index in [0.717, 1.165) is 16.8 Å². The van der Waals surface area contributed by atoms with Gasteiger partial charge in [0.2, 0.25) is 5.78 Å². The van der Waals surface area contributed by atoms with Crippen molar-refractivity contribution in [2.45, 2.75) is 96.9 Å². The second-order valence-electron chi connectivity index (χ2n) is 12.3. The molecule has 0 saturated heterocycles. The third-order valence-electron chi connectivity index (χ3n) is 10.6. The van der Waals surface area contributed by atoms with E-state index in [2.05, 4.69) is 10.2 Å². The first kappa shape index (κ1) is 27.0. The summed E-state index contributed by atoms with van der Waals surface area (Å²) in [7, 11) is 0. The molecule has 8 atom stereocenters. The number of alkyl halides is 1. The first-order valence-corrected chi connectivity index (χ1v) is 13.9. The van der Waals surface area contributed by atoms with Crippen molar-refractivity contribution in [3.05, 3.63) is 23.0 Å². The summed E-state index contributed by atoms with van der Waals surface area (Å²) in [4.78, 5) is 38.6. The molecule has 208 valence electrons. The van der Waals surface area contributed by atoms with Crippen LogP contribution in [0.3, 0.4) is 0 Å². The Labute approximate surface area is 222 Å². The minimum Gasteiger partial charge on any atom is -0.457 e. The standard InChI is InChI=1S/C29H39FN2O6/c1-6-24(35)37-15-23(34)29(38-25(36)7-2)16(3)10-20-19-9-8-18-11-21-17(14-31-32-21)12-26(18,4)28(19,30)22(33)13-27(20,29)5/h11,14,16,19-20,22,33H,6-10,12-13,15H2,1-5H3,(H,31,32)/t16-,19-,20-,22-,26-,27-,28-,29-/m0/s1. The molecule has 0 amide bonds. The highest BCUT2D eigenvalue weighted by Gasteiger charge is 2.77. The zero-order valence-electron chi connectivity index (χ0n) is 22.9. The largest absolute Gasteiger partial charge is 0.457 e. The van der Waals surface area contributed by atoms with Crippen LogP contribution in [-0.4, -0.2) is 57.0 Å². The SMILES string of the molecule is CCC(=O)OCC(=O)[C@@]1(OC(=O)CC)[C@@H](C)C[C@H]2[C@@H]3CCC4=Cc5[nH]ncc5C[C@]4(C)[C@@]3(F)[C@@H](O)C[C@@]21C. The topological polar surface area (TPSA) is 119 Å².